The van der Waals surface area contributed by atoms with Crippen LogP contribution in [0.2, 0.25) is 0 Å². The number of hydroxylamine groups is 1. The lowest BCUT2D eigenvalue weighted by atomic mass is 10.1. The minimum absolute atomic E-state index is 0.249. The summed E-state index contributed by atoms with van der Waals surface area (Å²) in [5, 5.41) is 0. The lowest BCUT2D eigenvalue weighted by Crippen LogP contribution is -2.26. The smallest absolute Gasteiger partial charge is 0.335 e. The number of nitrogens with one attached hydrogen (secondary N) is 1. The number of carbonyl (C=O) groups excluding carboxylic acids is 2. The monoisotopic (exact) mass is 263 g/mol. The van der Waals surface area contributed by atoms with Gasteiger partial charge in [-0.3, -0.25) is 4.79 Å². The number of unbranched alkanes of at least 4 members (excludes halogenated alkanes) is 4. The summed E-state index contributed by atoms with van der Waals surface area (Å²) in [6, 6.07) is 8.57. The van der Waals surface area contributed by atoms with Crippen LogP contribution in [0.4, 0.5) is 0 Å². The average molecular weight is 263 g/mol. The van der Waals surface area contributed by atoms with Gasteiger partial charge >= 0.3 is 5.97 Å². The summed E-state index contributed by atoms with van der Waals surface area (Å²) in [5.41, 5.74) is 2.61. The molecule has 1 N–H and O–H groups in total. The zero-order valence-corrected chi connectivity index (χ0v) is 11.4. The van der Waals surface area contributed by atoms with Crippen molar-refractivity contribution in [2.45, 2.75) is 45.4 Å². The van der Waals surface area contributed by atoms with E-state index >= 15 is 0 Å². The molecule has 0 atom stereocenters. The number of rotatable bonds is 7. The van der Waals surface area contributed by atoms with Crippen LogP contribution in [0.5, 0.6) is 0 Å². The van der Waals surface area contributed by atoms with Crippen LogP contribution >= 0.6 is 0 Å². The third-order valence-electron chi connectivity index (χ3n) is 2.77. The minimum atomic E-state index is -0.542. The lowest BCUT2D eigenvalue weighted by Gasteiger charge is -2.05. The van der Waals surface area contributed by atoms with Gasteiger partial charge in [0, 0.05) is 6.42 Å². The molecule has 104 valence electrons. The van der Waals surface area contributed by atoms with Crippen LogP contribution < -0.4 is 5.48 Å². The molecule has 1 aromatic carbocycles. The van der Waals surface area contributed by atoms with E-state index < -0.39 is 5.97 Å². The molecule has 0 aliphatic carbocycles. The van der Waals surface area contributed by atoms with Crippen LogP contribution in [0, 0.1) is 0 Å². The van der Waals surface area contributed by atoms with E-state index in [1.807, 2.05) is 6.07 Å². The molecule has 0 aromatic heterocycles. The second kappa shape index (κ2) is 9.14. The van der Waals surface area contributed by atoms with E-state index in [1.165, 1.54) is 12.8 Å². The molecule has 0 saturated heterocycles. The van der Waals surface area contributed by atoms with Gasteiger partial charge in [-0.05, 0) is 18.6 Å². The van der Waals surface area contributed by atoms with Gasteiger partial charge < -0.3 is 4.84 Å². The maximum atomic E-state index is 11.5. The molecule has 0 aliphatic heterocycles. The maximum Gasteiger partial charge on any atom is 0.362 e. The predicted molar refractivity (Wildman–Crippen MR) is 73.4 cm³/mol. The number of carbonyl (C=O) groups is 2. The third-order valence-corrected chi connectivity index (χ3v) is 2.77. The number of amides is 1. The Bertz CT molecular complexity index is 390. The average Bonchev–Trinajstić information content (AvgIpc) is 2.45. The molecule has 19 heavy (non-hydrogen) atoms. The Kier molecular flexibility index (Phi) is 7.32. The second-order valence-electron chi connectivity index (χ2n) is 4.44. The first-order valence-electron chi connectivity index (χ1n) is 6.79. The normalized spacial score (nSPS) is 9.95. The van der Waals surface area contributed by atoms with Gasteiger partial charge in [0.2, 0.25) is 0 Å². The first-order valence-corrected chi connectivity index (χ1v) is 6.79. The third kappa shape index (κ3) is 6.60. The quantitative estimate of drug-likeness (QED) is 0.607. The Labute approximate surface area is 114 Å². The van der Waals surface area contributed by atoms with Crippen molar-refractivity contribution in [3.05, 3.63) is 35.9 Å². The molecule has 0 bridgehead atoms. The van der Waals surface area contributed by atoms with Gasteiger partial charge in [0.25, 0.3) is 5.91 Å². The molecule has 0 unspecified atom stereocenters. The zero-order valence-electron chi connectivity index (χ0n) is 11.4. The summed E-state index contributed by atoms with van der Waals surface area (Å²) in [7, 11) is 0. The fourth-order valence-electron chi connectivity index (χ4n) is 1.68. The van der Waals surface area contributed by atoms with Crippen molar-refractivity contribution in [2.75, 3.05) is 0 Å². The molecule has 1 amide bonds. The first kappa shape index (κ1) is 15.2. The summed E-state index contributed by atoms with van der Waals surface area (Å²) >= 11 is 0. The number of benzene rings is 1. The lowest BCUT2D eigenvalue weighted by molar-refractivity contribution is -0.130. The molecule has 0 aliphatic rings. The van der Waals surface area contributed by atoms with E-state index in [0.29, 0.717) is 12.0 Å². The molecule has 1 aromatic rings. The van der Waals surface area contributed by atoms with E-state index in [0.717, 1.165) is 19.3 Å². The van der Waals surface area contributed by atoms with Gasteiger partial charge in [-0.15, -0.1) is 0 Å². The molecule has 4 heteroatoms. The summed E-state index contributed by atoms with van der Waals surface area (Å²) in [6.45, 7) is 2.15. The first-order chi connectivity index (χ1) is 9.24. The van der Waals surface area contributed by atoms with E-state index in [-0.39, 0.29) is 5.91 Å². The fourth-order valence-corrected chi connectivity index (χ4v) is 1.68. The van der Waals surface area contributed by atoms with Gasteiger partial charge in [0.1, 0.15) is 0 Å². The number of hydrogen-bond donors (Lipinski definition) is 1. The van der Waals surface area contributed by atoms with Crippen LogP contribution in [-0.2, 0) is 9.63 Å². The van der Waals surface area contributed by atoms with Gasteiger partial charge in [0.05, 0.1) is 5.56 Å². The van der Waals surface area contributed by atoms with Crippen molar-refractivity contribution in [3.8, 4) is 0 Å². The van der Waals surface area contributed by atoms with Crippen LogP contribution in [0.15, 0.2) is 30.3 Å². The van der Waals surface area contributed by atoms with E-state index in [9.17, 15) is 9.59 Å². The SMILES string of the molecule is CCCCCCCC(=O)NOC(=O)c1ccccc1. The van der Waals surface area contributed by atoms with Gasteiger partial charge in [-0.25, -0.2) is 4.79 Å². The molecule has 0 spiro atoms. The number of hydrogen-bond acceptors (Lipinski definition) is 3. The Balaban J connectivity index is 2.15. The summed E-state index contributed by atoms with van der Waals surface area (Å²) in [6.07, 6.45) is 5.79. The molecule has 0 saturated carbocycles. The molecule has 0 fully saturated rings. The van der Waals surface area contributed by atoms with Crippen molar-refractivity contribution < 1.29 is 14.4 Å². The van der Waals surface area contributed by atoms with Crippen LogP contribution in [-0.4, -0.2) is 11.9 Å². The summed E-state index contributed by atoms with van der Waals surface area (Å²) in [4.78, 5) is 27.7. The highest BCUT2D eigenvalue weighted by Crippen LogP contribution is 2.05. The van der Waals surface area contributed by atoms with E-state index in [2.05, 4.69) is 12.4 Å². The van der Waals surface area contributed by atoms with Gasteiger partial charge in [0.15, 0.2) is 0 Å². The van der Waals surface area contributed by atoms with Gasteiger partial charge in [-0.1, -0.05) is 50.8 Å². The van der Waals surface area contributed by atoms with E-state index in [4.69, 9.17) is 4.84 Å². The largest absolute Gasteiger partial charge is 0.362 e. The Morgan fingerprint density at radius 1 is 1.05 bits per heavy atom. The Morgan fingerprint density at radius 2 is 1.74 bits per heavy atom. The minimum Gasteiger partial charge on any atom is -0.335 e. The van der Waals surface area contributed by atoms with Gasteiger partial charge in [-0.2, -0.15) is 5.48 Å². The maximum absolute atomic E-state index is 11.5. The molecule has 1 rings (SSSR count). The van der Waals surface area contributed by atoms with Crippen LogP contribution in [0.25, 0.3) is 0 Å². The zero-order chi connectivity index (χ0) is 13.9. The van der Waals surface area contributed by atoms with Crippen molar-refractivity contribution in [3.63, 3.8) is 0 Å². The molecular weight excluding hydrogens is 242 g/mol. The van der Waals surface area contributed by atoms with Crippen molar-refractivity contribution >= 4 is 11.9 Å². The molecular formula is C15H21NO3. The second-order valence-corrected chi connectivity index (χ2v) is 4.44. The predicted octanol–water partition coefficient (Wildman–Crippen LogP) is 3.24. The molecule has 4 nitrogen and oxygen atoms in total. The highest BCUT2D eigenvalue weighted by molar-refractivity contribution is 5.90. The van der Waals surface area contributed by atoms with Crippen LogP contribution in [0.1, 0.15) is 55.8 Å². The fraction of sp³-hybridized carbons (Fsp3) is 0.467. The summed E-state index contributed by atoms with van der Waals surface area (Å²) < 4.78 is 0. The van der Waals surface area contributed by atoms with Crippen molar-refractivity contribution in [2.24, 2.45) is 0 Å². The Hall–Kier alpha value is -1.84. The highest BCUT2D eigenvalue weighted by Gasteiger charge is 2.08. The Morgan fingerprint density at radius 3 is 2.42 bits per heavy atom. The summed E-state index contributed by atoms with van der Waals surface area (Å²) in [5.74, 6) is -0.791. The topological polar surface area (TPSA) is 55.4 Å². The van der Waals surface area contributed by atoms with Crippen molar-refractivity contribution in [1.82, 2.24) is 5.48 Å². The molecule has 0 radical (unpaired) electrons. The standard InChI is InChI=1S/C15H21NO3/c1-2-3-4-5-9-12-14(17)16-19-15(18)13-10-7-6-8-11-13/h6-8,10-11H,2-5,9,12H2,1H3,(H,16,17). The van der Waals surface area contributed by atoms with Crippen molar-refractivity contribution in [1.29, 1.82) is 0 Å². The van der Waals surface area contributed by atoms with Crippen LogP contribution in [0.3, 0.4) is 0 Å². The molecule has 0 heterocycles. The highest BCUT2D eigenvalue weighted by atomic mass is 16.7. The van der Waals surface area contributed by atoms with E-state index in [1.54, 1.807) is 24.3 Å².